The predicted octanol–water partition coefficient (Wildman–Crippen LogP) is 4.28. The molecule has 0 aliphatic heterocycles. The van der Waals surface area contributed by atoms with Gasteiger partial charge in [-0.05, 0) is 82.0 Å². The summed E-state index contributed by atoms with van der Waals surface area (Å²) >= 11 is 6.40. The fraction of sp³-hybridized carbons (Fsp3) is 0.667. The molecule has 3 nitrogen and oxygen atoms in total. The maximum absolute atomic E-state index is 13.2. The van der Waals surface area contributed by atoms with Gasteiger partial charge in [0, 0.05) is 17.0 Å². The Hall–Kier alpha value is -1.06. The van der Waals surface area contributed by atoms with Gasteiger partial charge in [0.15, 0.2) is 0 Å². The van der Waals surface area contributed by atoms with Gasteiger partial charge in [-0.3, -0.25) is 4.79 Å². The second kappa shape index (κ2) is 6.59. The third-order valence-electron chi connectivity index (χ3n) is 6.86. The quantitative estimate of drug-likeness (QED) is 0.850. The van der Waals surface area contributed by atoms with Crippen LogP contribution >= 0.6 is 11.6 Å². The number of nitrogens with one attached hydrogen (secondary N) is 1. The number of hydrogen-bond donors (Lipinski definition) is 1. The minimum absolute atomic E-state index is 0.0773. The molecule has 0 saturated heterocycles. The summed E-state index contributed by atoms with van der Waals surface area (Å²) in [6.07, 6.45) is 7.45. The van der Waals surface area contributed by atoms with Crippen molar-refractivity contribution >= 4 is 17.5 Å². The van der Waals surface area contributed by atoms with Crippen molar-refractivity contribution in [2.75, 3.05) is 20.6 Å². The van der Waals surface area contributed by atoms with Crippen LogP contribution < -0.4 is 5.32 Å². The molecule has 0 unspecified atom stereocenters. The van der Waals surface area contributed by atoms with E-state index in [-0.39, 0.29) is 11.5 Å². The molecule has 4 aliphatic rings. The van der Waals surface area contributed by atoms with E-state index in [1.807, 2.05) is 32.3 Å². The molecule has 0 spiro atoms. The molecule has 1 amide bonds. The number of hydrogen-bond acceptors (Lipinski definition) is 2. The summed E-state index contributed by atoms with van der Waals surface area (Å²) in [5, 5.41) is 4.08. The molecule has 0 radical (unpaired) electrons. The van der Waals surface area contributed by atoms with Gasteiger partial charge in [0.05, 0.1) is 6.04 Å². The molecule has 0 heterocycles. The lowest BCUT2D eigenvalue weighted by Gasteiger charge is -2.55. The zero-order valence-corrected chi connectivity index (χ0v) is 16.1. The Morgan fingerprint density at radius 3 is 2.24 bits per heavy atom. The first-order chi connectivity index (χ1) is 12.0. The van der Waals surface area contributed by atoms with Crippen LogP contribution in [0.4, 0.5) is 0 Å². The summed E-state index contributed by atoms with van der Waals surface area (Å²) in [5.74, 6) is 2.69. The van der Waals surface area contributed by atoms with Crippen molar-refractivity contribution in [3.05, 3.63) is 34.9 Å². The van der Waals surface area contributed by atoms with Crippen LogP contribution in [-0.2, 0) is 4.79 Å². The van der Waals surface area contributed by atoms with E-state index in [0.717, 1.165) is 47.6 Å². The average Bonchev–Trinajstić information content (AvgIpc) is 2.55. The average molecular weight is 361 g/mol. The van der Waals surface area contributed by atoms with Crippen LogP contribution in [-0.4, -0.2) is 31.4 Å². The molecule has 0 aromatic heterocycles. The first-order valence-corrected chi connectivity index (χ1v) is 10.0. The number of nitrogens with zero attached hydrogens (tertiary/aromatic N) is 1. The van der Waals surface area contributed by atoms with Gasteiger partial charge in [0.25, 0.3) is 0 Å². The molecular weight excluding hydrogens is 332 g/mol. The van der Waals surface area contributed by atoms with Crippen LogP contribution in [0.25, 0.3) is 0 Å². The van der Waals surface area contributed by atoms with E-state index in [0.29, 0.717) is 12.5 Å². The summed E-state index contributed by atoms with van der Waals surface area (Å²) in [5.41, 5.74) is 1.01. The number of carbonyl (C=O) groups is 1. The van der Waals surface area contributed by atoms with Gasteiger partial charge in [0.2, 0.25) is 5.91 Å². The molecule has 1 aromatic rings. The molecule has 1 aromatic carbocycles. The van der Waals surface area contributed by atoms with Crippen LogP contribution in [0, 0.1) is 23.2 Å². The van der Waals surface area contributed by atoms with E-state index in [1.165, 1.54) is 19.3 Å². The highest BCUT2D eigenvalue weighted by atomic mass is 35.5. The minimum atomic E-state index is -0.0773. The maximum atomic E-state index is 13.2. The lowest BCUT2D eigenvalue weighted by molar-refractivity contribution is -0.146. The van der Waals surface area contributed by atoms with Gasteiger partial charge < -0.3 is 10.2 Å². The van der Waals surface area contributed by atoms with E-state index in [1.54, 1.807) is 0 Å². The molecule has 25 heavy (non-hydrogen) atoms. The molecule has 4 saturated carbocycles. The second-order valence-corrected chi connectivity index (χ2v) is 9.32. The number of amides is 1. The van der Waals surface area contributed by atoms with Crippen molar-refractivity contribution in [2.24, 2.45) is 23.2 Å². The summed E-state index contributed by atoms with van der Waals surface area (Å²) in [6.45, 7) is 0.622. The fourth-order valence-corrected chi connectivity index (χ4v) is 6.34. The fourth-order valence-electron chi connectivity index (χ4n) is 6.08. The zero-order valence-electron chi connectivity index (χ0n) is 15.3. The summed E-state index contributed by atoms with van der Waals surface area (Å²) in [7, 11) is 4.09. The highest BCUT2D eigenvalue weighted by Gasteiger charge is 2.54. The normalized spacial score (nSPS) is 34.3. The van der Waals surface area contributed by atoms with Gasteiger partial charge in [0.1, 0.15) is 0 Å². The minimum Gasteiger partial charge on any atom is -0.354 e. The third kappa shape index (κ3) is 3.21. The molecule has 136 valence electrons. The molecule has 4 fully saturated rings. The Labute approximate surface area is 156 Å². The topological polar surface area (TPSA) is 32.3 Å². The Morgan fingerprint density at radius 1 is 1.16 bits per heavy atom. The number of rotatable bonds is 5. The number of halogens is 1. The first kappa shape index (κ1) is 17.4. The number of carbonyl (C=O) groups excluding carboxylic acids is 1. The Morgan fingerprint density at radius 2 is 1.72 bits per heavy atom. The Balaban J connectivity index is 1.46. The summed E-state index contributed by atoms with van der Waals surface area (Å²) < 4.78 is 0. The lowest BCUT2D eigenvalue weighted by atomic mass is 9.49. The second-order valence-electron chi connectivity index (χ2n) is 8.91. The SMILES string of the molecule is CN(C)[C@@H](CNC(=O)C12CC3CC(CC(C3)C1)C2)c1ccccc1Cl. The van der Waals surface area contributed by atoms with E-state index in [4.69, 9.17) is 11.6 Å². The largest absolute Gasteiger partial charge is 0.354 e. The molecule has 1 atom stereocenters. The summed E-state index contributed by atoms with van der Waals surface area (Å²) in [4.78, 5) is 15.3. The van der Waals surface area contributed by atoms with E-state index in [2.05, 4.69) is 16.3 Å². The van der Waals surface area contributed by atoms with Crippen molar-refractivity contribution in [3.63, 3.8) is 0 Å². The molecule has 4 bridgehead atoms. The monoisotopic (exact) mass is 360 g/mol. The highest BCUT2D eigenvalue weighted by Crippen LogP contribution is 2.60. The molecule has 4 aliphatic carbocycles. The standard InChI is InChI=1S/C21H29ClN2O/c1-24(2)19(17-5-3-4-6-18(17)22)13-23-20(25)21-10-14-7-15(11-21)9-16(8-14)12-21/h3-6,14-16,19H,7-13H2,1-2H3,(H,23,25)/t14?,15?,16?,19-,21?/m0/s1. The van der Waals surface area contributed by atoms with Crippen LogP contribution in [0.5, 0.6) is 0 Å². The third-order valence-corrected chi connectivity index (χ3v) is 7.21. The van der Waals surface area contributed by atoms with Crippen molar-refractivity contribution in [1.29, 1.82) is 0 Å². The number of benzene rings is 1. The maximum Gasteiger partial charge on any atom is 0.226 e. The molecule has 5 rings (SSSR count). The molecule has 4 heteroatoms. The lowest BCUT2D eigenvalue weighted by Crippen LogP contribution is -2.54. The van der Waals surface area contributed by atoms with Crippen LogP contribution in [0.1, 0.15) is 50.1 Å². The first-order valence-electron chi connectivity index (χ1n) is 9.66. The van der Waals surface area contributed by atoms with Crippen molar-refractivity contribution in [1.82, 2.24) is 10.2 Å². The van der Waals surface area contributed by atoms with Gasteiger partial charge >= 0.3 is 0 Å². The predicted molar refractivity (Wildman–Crippen MR) is 101 cm³/mol. The smallest absolute Gasteiger partial charge is 0.226 e. The van der Waals surface area contributed by atoms with E-state index < -0.39 is 0 Å². The van der Waals surface area contributed by atoms with E-state index in [9.17, 15) is 4.79 Å². The van der Waals surface area contributed by atoms with Gasteiger partial charge in [-0.15, -0.1) is 0 Å². The van der Waals surface area contributed by atoms with Crippen molar-refractivity contribution < 1.29 is 4.79 Å². The van der Waals surface area contributed by atoms with Crippen LogP contribution in [0.15, 0.2) is 24.3 Å². The van der Waals surface area contributed by atoms with Gasteiger partial charge in [-0.2, -0.15) is 0 Å². The van der Waals surface area contributed by atoms with Crippen LogP contribution in [0.3, 0.4) is 0 Å². The van der Waals surface area contributed by atoms with Crippen LogP contribution in [0.2, 0.25) is 5.02 Å². The van der Waals surface area contributed by atoms with Gasteiger partial charge in [-0.1, -0.05) is 29.8 Å². The number of likely N-dealkylation sites (N-methyl/N-ethyl adjacent to an activating group) is 1. The zero-order chi connectivity index (χ0) is 17.6. The Kier molecular flexibility index (Phi) is 4.57. The summed E-state index contributed by atoms with van der Waals surface area (Å²) in [6, 6.07) is 8.05. The Bertz CT molecular complexity index is 622. The van der Waals surface area contributed by atoms with Crippen molar-refractivity contribution in [3.8, 4) is 0 Å². The van der Waals surface area contributed by atoms with Crippen molar-refractivity contribution in [2.45, 2.75) is 44.6 Å². The molecule has 1 N–H and O–H groups in total. The van der Waals surface area contributed by atoms with Gasteiger partial charge in [-0.25, -0.2) is 0 Å². The highest BCUT2D eigenvalue weighted by molar-refractivity contribution is 6.31. The van der Waals surface area contributed by atoms with E-state index >= 15 is 0 Å². The molecular formula is C21H29ClN2O.